The summed E-state index contributed by atoms with van der Waals surface area (Å²) in [7, 11) is 0. The van der Waals surface area contributed by atoms with Gasteiger partial charge >= 0.3 is 0 Å². The number of benzene rings is 1. The van der Waals surface area contributed by atoms with Gasteiger partial charge in [-0.3, -0.25) is 4.79 Å². The topological polar surface area (TPSA) is 42.9 Å². The molecule has 0 spiro atoms. The van der Waals surface area contributed by atoms with Gasteiger partial charge in [-0.1, -0.05) is 24.8 Å². The molecule has 0 radical (unpaired) electrons. The Morgan fingerprint density at radius 3 is 2.88 bits per heavy atom. The maximum Gasteiger partial charge on any atom is 0.174 e. The van der Waals surface area contributed by atoms with E-state index in [9.17, 15) is 4.79 Å². The smallest absolute Gasteiger partial charge is 0.174 e. The van der Waals surface area contributed by atoms with Gasteiger partial charge in [-0.15, -0.1) is 0 Å². The van der Waals surface area contributed by atoms with Crippen molar-refractivity contribution in [3.63, 3.8) is 0 Å². The van der Waals surface area contributed by atoms with E-state index in [4.69, 9.17) is 0 Å². The number of hydrogen-bond donors (Lipinski definition) is 0. The third-order valence-corrected chi connectivity index (χ3v) is 4.12. The highest BCUT2D eigenvalue weighted by molar-refractivity contribution is 8.01. The van der Waals surface area contributed by atoms with Crippen molar-refractivity contribution in [2.45, 2.75) is 29.5 Å². The van der Waals surface area contributed by atoms with E-state index in [0.717, 1.165) is 38.9 Å². The third-order valence-electron chi connectivity index (χ3n) is 2.34. The molecule has 1 aromatic heterocycles. The number of aryl methyl sites for hydroxylation is 2. The minimum absolute atomic E-state index is 0.737. The lowest BCUT2D eigenvalue weighted by molar-refractivity contribution is 0.112. The van der Waals surface area contributed by atoms with Crippen molar-refractivity contribution in [1.29, 1.82) is 0 Å². The first-order valence-corrected chi connectivity index (χ1v) is 6.88. The SMILES string of the molecule is CCc1nsc(Sc2ccc(C=O)c(C)c2)n1. The van der Waals surface area contributed by atoms with Crippen molar-refractivity contribution in [2.24, 2.45) is 0 Å². The van der Waals surface area contributed by atoms with E-state index in [-0.39, 0.29) is 0 Å². The predicted octanol–water partition coefficient (Wildman–Crippen LogP) is 3.37. The molecule has 3 nitrogen and oxygen atoms in total. The molecule has 0 saturated heterocycles. The summed E-state index contributed by atoms with van der Waals surface area (Å²) in [4.78, 5) is 16.2. The van der Waals surface area contributed by atoms with Crippen LogP contribution in [0.25, 0.3) is 0 Å². The van der Waals surface area contributed by atoms with Gasteiger partial charge in [0.25, 0.3) is 0 Å². The molecule has 1 heterocycles. The minimum Gasteiger partial charge on any atom is -0.298 e. The van der Waals surface area contributed by atoms with Gasteiger partial charge in [0, 0.05) is 16.9 Å². The van der Waals surface area contributed by atoms with Gasteiger partial charge < -0.3 is 0 Å². The first-order valence-electron chi connectivity index (χ1n) is 5.29. The van der Waals surface area contributed by atoms with Crippen molar-refractivity contribution in [3.8, 4) is 0 Å². The molecule has 2 aromatic rings. The van der Waals surface area contributed by atoms with Crippen LogP contribution >= 0.6 is 23.3 Å². The van der Waals surface area contributed by atoms with E-state index in [1.807, 2.05) is 32.0 Å². The number of carbonyl (C=O) groups is 1. The van der Waals surface area contributed by atoms with Gasteiger partial charge in [-0.05, 0) is 36.2 Å². The molecule has 1 aromatic carbocycles. The standard InChI is InChI=1S/C12H12N2OS2/c1-3-11-13-12(17-14-11)16-10-5-4-9(7-15)8(2)6-10/h4-7H,3H2,1-2H3. The normalized spacial score (nSPS) is 10.5. The summed E-state index contributed by atoms with van der Waals surface area (Å²) in [6.45, 7) is 3.98. The molecule has 0 atom stereocenters. The van der Waals surface area contributed by atoms with E-state index in [1.165, 1.54) is 11.5 Å². The first kappa shape index (κ1) is 12.3. The van der Waals surface area contributed by atoms with E-state index in [2.05, 4.69) is 9.36 Å². The number of nitrogens with zero attached hydrogens (tertiary/aromatic N) is 2. The molecule has 0 aliphatic rings. The summed E-state index contributed by atoms with van der Waals surface area (Å²) in [5.74, 6) is 0.888. The number of aldehydes is 1. The third kappa shape index (κ3) is 2.92. The minimum atomic E-state index is 0.737. The molecule has 2 rings (SSSR count). The Hall–Kier alpha value is -1.20. The molecule has 5 heteroatoms. The fourth-order valence-corrected chi connectivity index (χ4v) is 3.14. The second-order valence-electron chi connectivity index (χ2n) is 3.57. The van der Waals surface area contributed by atoms with Crippen molar-refractivity contribution < 1.29 is 4.79 Å². The van der Waals surface area contributed by atoms with E-state index < -0.39 is 0 Å². The molecule has 0 aliphatic carbocycles. The highest BCUT2D eigenvalue weighted by Gasteiger charge is 2.06. The van der Waals surface area contributed by atoms with Crippen LogP contribution in [0.1, 0.15) is 28.7 Å². The lowest BCUT2D eigenvalue weighted by atomic mass is 10.1. The Bertz CT molecular complexity index is 537. The molecule has 0 fully saturated rings. The second kappa shape index (κ2) is 5.42. The first-order chi connectivity index (χ1) is 8.22. The Morgan fingerprint density at radius 1 is 1.47 bits per heavy atom. The van der Waals surface area contributed by atoms with Crippen LogP contribution in [0.15, 0.2) is 27.4 Å². The molecule has 0 amide bonds. The molecule has 0 aliphatic heterocycles. The van der Waals surface area contributed by atoms with Gasteiger partial charge in [0.05, 0.1) is 0 Å². The quantitative estimate of drug-likeness (QED) is 0.794. The zero-order chi connectivity index (χ0) is 12.3. The molecular formula is C12H12N2OS2. The molecule has 0 saturated carbocycles. The summed E-state index contributed by atoms with van der Waals surface area (Å²) < 4.78 is 5.19. The molecule has 88 valence electrons. The molecule has 17 heavy (non-hydrogen) atoms. The van der Waals surface area contributed by atoms with E-state index in [1.54, 1.807) is 11.8 Å². The summed E-state index contributed by atoms with van der Waals surface area (Å²) in [6.07, 6.45) is 1.74. The maximum absolute atomic E-state index is 10.7. The van der Waals surface area contributed by atoms with Crippen molar-refractivity contribution >= 4 is 29.6 Å². The lowest BCUT2D eigenvalue weighted by Crippen LogP contribution is -1.86. The highest BCUT2D eigenvalue weighted by Crippen LogP contribution is 2.30. The summed E-state index contributed by atoms with van der Waals surface area (Å²) in [5, 5.41) is 0. The number of aromatic nitrogens is 2. The van der Waals surface area contributed by atoms with Crippen LogP contribution in [0.2, 0.25) is 0 Å². The van der Waals surface area contributed by atoms with E-state index >= 15 is 0 Å². The maximum atomic E-state index is 10.7. The van der Waals surface area contributed by atoms with Crippen LogP contribution in [-0.4, -0.2) is 15.6 Å². The Kier molecular flexibility index (Phi) is 3.91. The summed E-state index contributed by atoms with van der Waals surface area (Å²) >= 11 is 3.00. The van der Waals surface area contributed by atoms with Crippen LogP contribution in [0.4, 0.5) is 0 Å². The highest BCUT2D eigenvalue weighted by atomic mass is 32.2. The van der Waals surface area contributed by atoms with Gasteiger partial charge in [0.2, 0.25) is 0 Å². The number of carbonyl (C=O) groups excluding carboxylic acids is 1. The summed E-state index contributed by atoms with van der Waals surface area (Å²) in [6, 6.07) is 5.78. The van der Waals surface area contributed by atoms with Crippen molar-refractivity contribution in [1.82, 2.24) is 9.36 Å². The average Bonchev–Trinajstić information content (AvgIpc) is 2.77. The zero-order valence-corrected chi connectivity index (χ0v) is 11.3. The summed E-state index contributed by atoms with van der Waals surface area (Å²) in [5.41, 5.74) is 1.73. The van der Waals surface area contributed by atoms with Gasteiger partial charge in [0.1, 0.15) is 12.1 Å². The fraction of sp³-hybridized carbons (Fsp3) is 0.250. The van der Waals surface area contributed by atoms with Gasteiger partial charge in [-0.2, -0.15) is 4.37 Å². The average molecular weight is 264 g/mol. The number of hydrogen-bond acceptors (Lipinski definition) is 5. The molecule has 0 unspecified atom stereocenters. The Balaban J connectivity index is 2.18. The van der Waals surface area contributed by atoms with Crippen molar-refractivity contribution in [2.75, 3.05) is 0 Å². The van der Waals surface area contributed by atoms with Crippen LogP contribution in [0.5, 0.6) is 0 Å². The lowest BCUT2D eigenvalue weighted by Gasteiger charge is -2.01. The molecule has 0 N–H and O–H groups in total. The second-order valence-corrected chi connectivity index (χ2v) is 5.64. The largest absolute Gasteiger partial charge is 0.298 e. The van der Waals surface area contributed by atoms with Crippen LogP contribution in [-0.2, 0) is 6.42 Å². The van der Waals surface area contributed by atoms with Gasteiger partial charge in [0.15, 0.2) is 4.34 Å². The Labute approximate surface area is 108 Å². The van der Waals surface area contributed by atoms with Crippen LogP contribution in [0, 0.1) is 6.92 Å². The van der Waals surface area contributed by atoms with Crippen LogP contribution < -0.4 is 0 Å². The monoisotopic (exact) mass is 264 g/mol. The van der Waals surface area contributed by atoms with Crippen molar-refractivity contribution in [3.05, 3.63) is 35.2 Å². The fourth-order valence-electron chi connectivity index (χ4n) is 1.37. The molecule has 0 bridgehead atoms. The Morgan fingerprint density at radius 2 is 2.29 bits per heavy atom. The predicted molar refractivity (Wildman–Crippen MR) is 70.0 cm³/mol. The van der Waals surface area contributed by atoms with Gasteiger partial charge in [-0.25, -0.2) is 4.98 Å². The molecular weight excluding hydrogens is 252 g/mol. The van der Waals surface area contributed by atoms with E-state index in [0.29, 0.717) is 0 Å². The zero-order valence-electron chi connectivity index (χ0n) is 9.64. The van der Waals surface area contributed by atoms with Crippen LogP contribution in [0.3, 0.4) is 0 Å². The number of rotatable bonds is 4.